The lowest BCUT2D eigenvalue weighted by atomic mass is 10.1. The first-order valence-electron chi connectivity index (χ1n) is 5.46. The lowest BCUT2D eigenvalue weighted by Gasteiger charge is -2.25. The zero-order valence-electron chi connectivity index (χ0n) is 9.26. The van der Waals surface area contributed by atoms with E-state index >= 15 is 0 Å². The van der Waals surface area contributed by atoms with E-state index in [9.17, 15) is 4.39 Å². The Hall–Kier alpha value is -1.09. The molecule has 1 aromatic rings. The molecule has 0 radical (unpaired) electrons. The summed E-state index contributed by atoms with van der Waals surface area (Å²) in [6.07, 6.45) is 0.816. The average molecular weight is 208 g/mol. The first kappa shape index (κ1) is 10.4. The third-order valence-corrected chi connectivity index (χ3v) is 3.06. The summed E-state index contributed by atoms with van der Waals surface area (Å²) in [6.45, 7) is 3.95. The molecule has 0 amide bonds. The van der Waals surface area contributed by atoms with E-state index in [0.717, 1.165) is 30.8 Å². The molecular weight excluding hydrogens is 191 g/mol. The van der Waals surface area contributed by atoms with Gasteiger partial charge in [-0.15, -0.1) is 0 Å². The van der Waals surface area contributed by atoms with E-state index < -0.39 is 0 Å². The third-order valence-electron chi connectivity index (χ3n) is 3.06. The molecule has 82 valence electrons. The molecule has 0 aliphatic carbocycles. The molecule has 0 aromatic heterocycles. The van der Waals surface area contributed by atoms with Gasteiger partial charge in [0, 0.05) is 30.4 Å². The number of halogens is 1. The van der Waals surface area contributed by atoms with E-state index in [-0.39, 0.29) is 5.82 Å². The Kier molecular flexibility index (Phi) is 2.91. The van der Waals surface area contributed by atoms with Gasteiger partial charge in [0.05, 0.1) is 0 Å². The summed E-state index contributed by atoms with van der Waals surface area (Å²) < 4.78 is 13.6. The Morgan fingerprint density at radius 1 is 1.53 bits per heavy atom. The van der Waals surface area contributed by atoms with Crippen molar-refractivity contribution in [2.75, 3.05) is 25.0 Å². The number of anilines is 1. The lowest BCUT2D eigenvalue weighted by molar-refractivity contribution is 0.575. The Morgan fingerprint density at radius 2 is 2.33 bits per heavy atom. The molecule has 1 aliphatic rings. The van der Waals surface area contributed by atoms with Crippen molar-refractivity contribution < 1.29 is 4.39 Å². The molecule has 0 saturated carbocycles. The topological polar surface area (TPSA) is 15.3 Å². The fourth-order valence-electron chi connectivity index (χ4n) is 2.41. The molecule has 0 bridgehead atoms. The van der Waals surface area contributed by atoms with Gasteiger partial charge in [0.2, 0.25) is 0 Å². The molecule has 0 spiro atoms. The minimum absolute atomic E-state index is 0.0652. The number of fused-ring (bicyclic) bond motifs is 1. The van der Waals surface area contributed by atoms with Crippen LogP contribution in [0.15, 0.2) is 18.2 Å². The largest absolute Gasteiger partial charge is 0.367 e. The summed E-state index contributed by atoms with van der Waals surface area (Å²) in [7, 11) is 1.94. The highest BCUT2D eigenvalue weighted by Crippen LogP contribution is 2.33. The van der Waals surface area contributed by atoms with Crippen LogP contribution in [0.25, 0.3) is 0 Å². The maximum absolute atomic E-state index is 13.6. The van der Waals surface area contributed by atoms with Crippen molar-refractivity contribution in [2.45, 2.75) is 19.4 Å². The molecule has 1 atom stereocenters. The SMILES string of the molecule is CCN1c2cccc(F)c2CC1CNC. The van der Waals surface area contributed by atoms with E-state index in [1.807, 2.05) is 13.1 Å². The summed E-state index contributed by atoms with van der Waals surface area (Å²) in [5.74, 6) is -0.0652. The molecule has 1 aliphatic heterocycles. The van der Waals surface area contributed by atoms with Gasteiger partial charge >= 0.3 is 0 Å². The maximum Gasteiger partial charge on any atom is 0.128 e. The van der Waals surface area contributed by atoms with E-state index in [0.29, 0.717) is 6.04 Å². The van der Waals surface area contributed by atoms with Crippen molar-refractivity contribution in [3.63, 3.8) is 0 Å². The minimum Gasteiger partial charge on any atom is -0.367 e. The quantitative estimate of drug-likeness (QED) is 0.814. The van der Waals surface area contributed by atoms with Crippen LogP contribution in [0.2, 0.25) is 0 Å². The number of nitrogens with one attached hydrogen (secondary N) is 1. The Bertz CT molecular complexity index is 351. The van der Waals surface area contributed by atoms with Gasteiger partial charge in [0.1, 0.15) is 5.82 Å². The van der Waals surface area contributed by atoms with E-state index in [1.54, 1.807) is 12.1 Å². The van der Waals surface area contributed by atoms with Gasteiger partial charge in [-0.05, 0) is 32.5 Å². The molecular formula is C12H17FN2. The predicted octanol–water partition coefficient (Wildman–Crippen LogP) is 1.80. The molecule has 1 N–H and O–H groups in total. The van der Waals surface area contributed by atoms with Crippen LogP contribution in [0.5, 0.6) is 0 Å². The highest BCUT2D eigenvalue weighted by atomic mass is 19.1. The molecule has 1 heterocycles. The van der Waals surface area contributed by atoms with Crippen LogP contribution in [0.1, 0.15) is 12.5 Å². The van der Waals surface area contributed by atoms with E-state index in [1.165, 1.54) is 0 Å². The average Bonchev–Trinajstić information content (AvgIpc) is 2.58. The second kappa shape index (κ2) is 4.19. The number of rotatable bonds is 3. The highest BCUT2D eigenvalue weighted by Gasteiger charge is 2.29. The Morgan fingerprint density at radius 3 is 3.00 bits per heavy atom. The Balaban J connectivity index is 2.32. The molecule has 0 fully saturated rings. The summed E-state index contributed by atoms with van der Waals surface area (Å²) >= 11 is 0. The van der Waals surface area contributed by atoms with Crippen molar-refractivity contribution in [3.05, 3.63) is 29.6 Å². The van der Waals surface area contributed by atoms with Crippen molar-refractivity contribution in [1.29, 1.82) is 0 Å². The van der Waals surface area contributed by atoms with Crippen LogP contribution in [0.3, 0.4) is 0 Å². The fraction of sp³-hybridized carbons (Fsp3) is 0.500. The van der Waals surface area contributed by atoms with Gasteiger partial charge in [-0.3, -0.25) is 0 Å². The smallest absolute Gasteiger partial charge is 0.128 e. The third kappa shape index (κ3) is 1.72. The number of nitrogens with zero attached hydrogens (tertiary/aromatic N) is 1. The van der Waals surface area contributed by atoms with Crippen LogP contribution in [0, 0.1) is 5.82 Å². The lowest BCUT2D eigenvalue weighted by Crippen LogP contribution is -2.39. The maximum atomic E-state index is 13.6. The number of hydrogen-bond donors (Lipinski definition) is 1. The summed E-state index contributed by atoms with van der Waals surface area (Å²) in [5.41, 5.74) is 1.94. The van der Waals surface area contributed by atoms with Gasteiger partial charge in [0.15, 0.2) is 0 Å². The highest BCUT2D eigenvalue weighted by molar-refractivity contribution is 5.59. The first-order valence-corrected chi connectivity index (χ1v) is 5.46. The van der Waals surface area contributed by atoms with Gasteiger partial charge in [0.25, 0.3) is 0 Å². The summed E-state index contributed by atoms with van der Waals surface area (Å²) in [5, 5.41) is 3.16. The van der Waals surface area contributed by atoms with E-state index in [2.05, 4.69) is 17.1 Å². The summed E-state index contributed by atoms with van der Waals surface area (Å²) in [6, 6.07) is 5.75. The van der Waals surface area contributed by atoms with Gasteiger partial charge in [-0.2, -0.15) is 0 Å². The molecule has 2 rings (SSSR count). The van der Waals surface area contributed by atoms with Crippen LogP contribution >= 0.6 is 0 Å². The van der Waals surface area contributed by atoms with Crippen LogP contribution in [-0.4, -0.2) is 26.2 Å². The van der Waals surface area contributed by atoms with Crippen molar-refractivity contribution >= 4 is 5.69 Å². The van der Waals surface area contributed by atoms with Crippen LogP contribution in [-0.2, 0) is 6.42 Å². The Labute approximate surface area is 90.1 Å². The zero-order valence-corrected chi connectivity index (χ0v) is 9.26. The molecule has 15 heavy (non-hydrogen) atoms. The number of hydrogen-bond acceptors (Lipinski definition) is 2. The van der Waals surface area contributed by atoms with Gasteiger partial charge < -0.3 is 10.2 Å². The first-order chi connectivity index (χ1) is 7.27. The monoisotopic (exact) mass is 208 g/mol. The van der Waals surface area contributed by atoms with Gasteiger partial charge in [-0.1, -0.05) is 6.07 Å². The van der Waals surface area contributed by atoms with E-state index in [4.69, 9.17) is 0 Å². The molecule has 3 heteroatoms. The van der Waals surface area contributed by atoms with Crippen molar-refractivity contribution in [2.24, 2.45) is 0 Å². The van der Waals surface area contributed by atoms with Crippen LogP contribution < -0.4 is 10.2 Å². The standard InChI is InChI=1S/C12H17FN2/c1-3-15-9(8-14-2)7-10-11(13)5-4-6-12(10)15/h4-6,9,14H,3,7-8H2,1-2H3. The second-order valence-electron chi connectivity index (χ2n) is 3.94. The number of benzene rings is 1. The number of likely N-dealkylation sites (N-methyl/N-ethyl adjacent to an activating group) is 2. The van der Waals surface area contributed by atoms with Crippen LogP contribution in [0.4, 0.5) is 10.1 Å². The zero-order chi connectivity index (χ0) is 10.8. The molecule has 1 aromatic carbocycles. The van der Waals surface area contributed by atoms with Crippen molar-refractivity contribution in [3.8, 4) is 0 Å². The summed E-state index contributed by atoms with van der Waals surface area (Å²) in [4.78, 5) is 2.27. The molecule has 2 nitrogen and oxygen atoms in total. The molecule has 0 saturated heterocycles. The fourth-order valence-corrected chi connectivity index (χ4v) is 2.41. The predicted molar refractivity (Wildman–Crippen MR) is 60.8 cm³/mol. The minimum atomic E-state index is -0.0652. The van der Waals surface area contributed by atoms with Crippen molar-refractivity contribution in [1.82, 2.24) is 5.32 Å². The van der Waals surface area contributed by atoms with Gasteiger partial charge in [-0.25, -0.2) is 4.39 Å². The normalized spacial score (nSPS) is 19.4. The second-order valence-corrected chi connectivity index (χ2v) is 3.94. The molecule has 1 unspecified atom stereocenters.